The van der Waals surface area contributed by atoms with Crippen molar-refractivity contribution in [3.8, 4) is 0 Å². The molecule has 0 bridgehead atoms. The van der Waals surface area contributed by atoms with Crippen molar-refractivity contribution in [2.45, 2.75) is 25.7 Å². The normalized spacial score (nSPS) is 10.2. The number of rotatable bonds is 7. The summed E-state index contributed by atoms with van der Waals surface area (Å²) in [4.78, 5) is 0. The molecule has 0 aromatic rings. The van der Waals surface area contributed by atoms with E-state index in [1.807, 2.05) is 0 Å². The van der Waals surface area contributed by atoms with Crippen LogP contribution in [0.1, 0.15) is 25.7 Å². The quantitative estimate of drug-likeness (QED) is 0.463. The molecule has 10 heavy (non-hydrogen) atoms. The van der Waals surface area contributed by atoms with E-state index in [9.17, 15) is 0 Å². The fourth-order valence-corrected chi connectivity index (χ4v) is 1.47. The minimum Gasteiger partial charge on any atom is -0.278 e. The molecule has 62 valence electrons. The van der Waals surface area contributed by atoms with Crippen molar-refractivity contribution in [2.24, 2.45) is 10.3 Å². The zero-order valence-electron chi connectivity index (χ0n) is 6.21. The largest absolute Gasteiger partial charge is 0.278 e. The molecule has 0 atom stereocenters. The zero-order valence-corrected chi connectivity index (χ0v) is 7.85. The van der Waals surface area contributed by atoms with Crippen LogP contribution in [-0.2, 0) is 0 Å². The molecule has 0 saturated carbocycles. The minimum absolute atomic E-state index is 1.09. The molecule has 0 aromatic carbocycles. The van der Waals surface area contributed by atoms with Gasteiger partial charge in [0.2, 0.25) is 0 Å². The fourth-order valence-electron chi connectivity index (χ4n) is 0.724. The summed E-state index contributed by atoms with van der Waals surface area (Å²) in [5, 5.41) is 10.5. The van der Waals surface area contributed by atoms with Crippen molar-refractivity contribution in [3.05, 3.63) is 0 Å². The van der Waals surface area contributed by atoms with Gasteiger partial charge in [-0.25, -0.2) is 0 Å². The molecule has 0 fully saturated rings. The highest BCUT2D eigenvalue weighted by Gasteiger charge is 1.88. The van der Waals surface area contributed by atoms with Gasteiger partial charge in [-0.3, -0.25) is 10.3 Å². The van der Waals surface area contributed by atoms with Gasteiger partial charge in [-0.05, 0) is 12.8 Å². The van der Waals surface area contributed by atoms with Crippen LogP contribution in [0.4, 0.5) is 0 Å². The molecule has 0 amide bonds. The van der Waals surface area contributed by atoms with E-state index in [1.165, 1.54) is 49.6 Å². The number of nitrogens with two attached hydrogens (primary N) is 2. The van der Waals surface area contributed by atoms with Gasteiger partial charge in [-0.2, -0.15) is 0 Å². The van der Waals surface area contributed by atoms with E-state index in [0.29, 0.717) is 0 Å². The SMILES string of the molecule is NSCCCCCCSN. The third kappa shape index (κ3) is 8.62. The van der Waals surface area contributed by atoms with Crippen LogP contribution in [0.3, 0.4) is 0 Å². The molecule has 4 heteroatoms. The Labute approximate surface area is 71.8 Å². The summed E-state index contributed by atoms with van der Waals surface area (Å²) >= 11 is 2.87. The van der Waals surface area contributed by atoms with Gasteiger partial charge in [0.15, 0.2) is 0 Å². The Morgan fingerprint density at radius 3 is 1.40 bits per heavy atom. The number of hydrogen-bond acceptors (Lipinski definition) is 4. The van der Waals surface area contributed by atoms with E-state index >= 15 is 0 Å². The van der Waals surface area contributed by atoms with Gasteiger partial charge in [0.1, 0.15) is 0 Å². The van der Waals surface area contributed by atoms with Crippen LogP contribution in [-0.4, -0.2) is 11.5 Å². The van der Waals surface area contributed by atoms with Gasteiger partial charge in [0.05, 0.1) is 0 Å². The molecule has 0 aliphatic heterocycles. The highest BCUT2D eigenvalue weighted by molar-refractivity contribution is 7.97. The molecule has 0 heterocycles. The summed E-state index contributed by atoms with van der Waals surface area (Å²) in [7, 11) is 0. The summed E-state index contributed by atoms with van der Waals surface area (Å²) in [5.74, 6) is 2.19. The Bertz CT molecular complexity index is 53.7. The van der Waals surface area contributed by atoms with E-state index in [4.69, 9.17) is 10.3 Å². The smallest absolute Gasteiger partial charge is 0.00764 e. The van der Waals surface area contributed by atoms with Gasteiger partial charge < -0.3 is 0 Å². The lowest BCUT2D eigenvalue weighted by Gasteiger charge is -1.97. The molecule has 0 aliphatic carbocycles. The van der Waals surface area contributed by atoms with Crippen LogP contribution in [0.5, 0.6) is 0 Å². The van der Waals surface area contributed by atoms with Gasteiger partial charge in [-0.15, -0.1) is 0 Å². The average molecular weight is 180 g/mol. The monoisotopic (exact) mass is 180 g/mol. The van der Waals surface area contributed by atoms with E-state index in [1.54, 1.807) is 0 Å². The zero-order chi connectivity index (χ0) is 7.66. The predicted molar refractivity (Wildman–Crippen MR) is 51.8 cm³/mol. The van der Waals surface area contributed by atoms with E-state index < -0.39 is 0 Å². The number of unbranched alkanes of at least 4 members (excludes halogenated alkanes) is 3. The maximum Gasteiger partial charge on any atom is 0.00764 e. The Morgan fingerprint density at radius 2 is 1.10 bits per heavy atom. The van der Waals surface area contributed by atoms with Crippen LogP contribution in [0.2, 0.25) is 0 Å². The highest BCUT2D eigenvalue weighted by Crippen LogP contribution is 2.04. The third-order valence-corrected chi connectivity index (χ3v) is 2.32. The van der Waals surface area contributed by atoms with Gasteiger partial charge >= 0.3 is 0 Å². The van der Waals surface area contributed by atoms with Crippen LogP contribution in [0.25, 0.3) is 0 Å². The summed E-state index contributed by atoms with van der Waals surface area (Å²) < 4.78 is 0. The lowest BCUT2D eigenvalue weighted by atomic mass is 10.2. The van der Waals surface area contributed by atoms with Crippen molar-refractivity contribution in [2.75, 3.05) is 11.5 Å². The second-order valence-electron chi connectivity index (χ2n) is 2.16. The molecule has 0 unspecified atom stereocenters. The predicted octanol–water partition coefficient (Wildman–Crippen LogP) is 1.76. The Kier molecular flexibility index (Phi) is 10.2. The summed E-state index contributed by atoms with van der Waals surface area (Å²) in [6.45, 7) is 0. The first-order valence-electron chi connectivity index (χ1n) is 3.55. The lowest BCUT2D eigenvalue weighted by molar-refractivity contribution is 0.711. The molecule has 4 N–H and O–H groups in total. The first-order valence-corrected chi connectivity index (χ1v) is 5.65. The maximum atomic E-state index is 5.26. The Balaban J connectivity index is 2.65. The second kappa shape index (κ2) is 9.62. The van der Waals surface area contributed by atoms with E-state index in [-0.39, 0.29) is 0 Å². The van der Waals surface area contributed by atoms with Crippen molar-refractivity contribution in [3.63, 3.8) is 0 Å². The second-order valence-corrected chi connectivity index (χ2v) is 3.64. The minimum atomic E-state index is 1.09. The van der Waals surface area contributed by atoms with E-state index in [2.05, 4.69) is 0 Å². The van der Waals surface area contributed by atoms with Crippen molar-refractivity contribution in [1.82, 2.24) is 0 Å². The van der Waals surface area contributed by atoms with Crippen molar-refractivity contribution >= 4 is 23.9 Å². The van der Waals surface area contributed by atoms with E-state index in [0.717, 1.165) is 11.5 Å². The molecule has 0 aliphatic rings. The molecule has 0 radical (unpaired) electrons. The topological polar surface area (TPSA) is 52.0 Å². The van der Waals surface area contributed by atoms with Crippen molar-refractivity contribution in [1.29, 1.82) is 0 Å². The molecule has 0 rings (SSSR count). The summed E-state index contributed by atoms with van der Waals surface area (Å²) in [6, 6.07) is 0. The fraction of sp³-hybridized carbons (Fsp3) is 1.00. The Hall–Kier alpha value is 0.620. The van der Waals surface area contributed by atoms with Gasteiger partial charge in [-0.1, -0.05) is 36.7 Å². The first-order chi connectivity index (χ1) is 4.91. The average Bonchev–Trinajstić information content (AvgIpc) is 1.97. The lowest BCUT2D eigenvalue weighted by Crippen LogP contribution is -1.88. The molecule has 0 saturated heterocycles. The van der Waals surface area contributed by atoms with Crippen molar-refractivity contribution < 1.29 is 0 Å². The van der Waals surface area contributed by atoms with Gasteiger partial charge in [0.25, 0.3) is 0 Å². The summed E-state index contributed by atoms with van der Waals surface area (Å²) in [6.07, 6.45) is 5.09. The standard InChI is InChI=1S/C6H16N2S2/c7-9-5-3-1-2-4-6-10-8/h1-8H2. The van der Waals surface area contributed by atoms with Crippen LogP contribution in [0.15, 0.2) is 0 Å². The molecular weight excluding hydrogens is 164 g/mol. The van der Waals surface area contributed by atoms with Crippen LogP contribution >= 0.6 is 23.9 Å². The summed E-state index contributed by atoms with van der Waals surface area (Å²) in [5.41, 5.74) is 0. The Morgan fingerprint density at radius 1 is 0.700 bits per heavy atom. The maximum absolute atomic E-state index is 5.26. The van der Waals surface area contributed by atoms with Crippen LogP contribution < -0.4 is 10.3 Å². The third-order valence-electron chi connectivity index (χ3n) is 1.27. The first kappa shape index (κ1) is 10.6. The number of hydrogen-bond donors (Lipinski definition) is 2. The van der Waals surface area contributed by atoms with Gasteiger partial charge in [0, 0.05) is 11.5 Å². The highest BCUT2D eigenvalue weighted by atomic mass is 32.2. The molecule has 0 aromatic heterocycles. The molecule has 2 nitrogen and oxygen atoms in total. The van der Waals surface area contributed by atoms with Crippen LogP contribution in [0, 0.1) is 0 Å². The molecular formula is C6H16N2S2. The molecule has 0 spiro atoms.